The van der Waals surface area contributed by atoms with Crippen LogP contribution in [-0.2, 0) is 14.1 Å². The number of carbonyl (C=O) groups is 2. The summed E-state index contributed by atoms with van der Waals surface area (Å²) >= 11 is 1.21. The van der Waals surface area contributed by atoms with E-state index in [1.807, 2.05) is 27.7 Å². The minimum absolute atomic E-state index is 0.0307. The number of nitrogens with one attached hydrogen (secondary N) is 1. The highest BCUT2D eigenvalue weighted by molar-refractivity contribution is 7.11. The van der Waals surface area contributed by atoms with E-state index in [1.54, 1.807) is 6.08 Å². The second kappa shape index (κ2) is 6.66. The summed E-state index contributed by atoms with van der Waals surface area (Å²) in [6, 6.07) is 0. The largest absolute Gasteiger partial charge is 0.492 e. The van der Waals surface area contributed by atoms with E-state index >= 15 is 0 Å². The van der Waals surface area contributed by atoms with Gasteiger partial charge in [0.25, 0.3) is 0 Å². The van der Waals surface area contributed by atoms with E-state index < -0.39 is 24.3 Å². The Morgan fingerprint density at radius 2 is 1.92 bits per heavy atom. The summed E-state index contributed by atoms with van der Waals surface area (Å²) < 4.78 is 12.0. The van der Waals surface area contributed by atoms with Gasteiger partial charge in [-0.15, -0.1) is 11.3 Å². The summed E-state index contributed by atoms with van der Waals surface area (Å²) in [6.45, 7) is 9.33. The number of carbonyl (C=O) groups excluding carboxylic acids is 1. The van der Waals surface area contributed by atoms with Crippen LogP contribution in [-0.4, -0.2) is 46.8 Å². The zero-order valence-corrected chi connectivity index (χ0v) is 15.2. The topological polar surface area (TPSA) is 97.8 Å². The van der Waals surface area contributed by atoms with Crippen molar-refractivity contribution in [3.05, 3.63) is 21.6 Å². The van der Waals surface area contributed by atoms with E-state index in [2.05, 4.69) is 10.3 Å². The number of rotatable bonds is 5. The average molecular weight is 352 g/mol. The number of hydrogen-bond acceptors (Lipinski definition) is 6. The molecule has 0 atom stereocenters. The van der Waals surface area contributed by atoms with Crippen molar-refractivity contribution >= 4 is 36.4 Å². The lowest BCUT2D eigenvalue weighted by Crippen LogP contribution is -2.41. The van der Waals surface area contributed by atoms with E-state index in [0.717, 1.165) is 0 Å². The van der Waals surface area contributed by atoms with Gasteiger partial charge in [0.2, 0.25) is 5.91 Å². The maximum absolute atomic E-state index is 11.3. The molecule has 1 fully saturated rings. The highest BCUT2D eigenvalue weighted by Crippen LogP contribution is 2.39. The lowest BCUT2D eigenvalue weighted by Gasteiger charge is -2.32. The van der Waals surface area contributed by atoms with Gasteiger partial charge in [-0.1, -0.05) is 0 Å². The molecule has 1 amide bonds. The molecule has 0 bridgehead atoms. The van der Waals surface area contributed by atoms with E-state index in [-0.39, 0.29) is 18.1 Å². The standard InChI is InChI=1S/C15H21BN2O5S/c1-9(19)17-7-10(6-11-12(13(20)21)18-8-24-11)16-22-14(2,3)15(4,5)23-16/h6,8H,7H2,1-5H3,(H,17,19)(H,20,21). The third kappa shape index (κ3) is 3.85. The number of amides is 1. The smallest absolute Gasteiger partial charge is 0.476 e. The Morgan fingerprint density at radius 3 is 2.42 bits per heavy atom. The number of thiazole rings is 1. The van der Waals surface area contributed by atoms with Crippen LogP contribution < -0.4 is 5.32 Å². The van der Waals surface area contributed by atoms with Crippen LogP contribution in [0, 0.1) is 0 Å². The van der Waals surface area contributed by atoms with Crippen molar-refractivity contribution in [1.82, 2.24) is 10.3 Å². The van der Waals surface area contributed by atoms with Crippen LogP contribution in [0.2, 0.25) is 0 Å². The molecule has 1 aromatic heterocycles. The van der Waals surface area contributed by atoms with Gasteiger partial charge in [-0.2, -0.15) is 0 Å². The maximum atomic E-state index is 11.3. The van der Waals surface area contributed by atoms with Gasteiger partial charge in [-0.05, 0) is 39.2 Å². The Hall–Kier alpha value is -1.71. The molecule has 2 N–H and O–H groups in total. The van der Waals surface area contributed by atoms with Crippen molar-refractivity contribution < 1.29 is 24.0 Å². The molecule has 0 radical (unpaired) electrons. The summed E-state index contributed by atoms with van der Waals surface area (Å²) in [4.78, 5) is 26.8. The van der Waals surface area contributed by atoms with E-state index in [9.17, 15) is 14.7 Å². The van der Waals surface area contributed by atoms with Crippen molar-refractivity contribution in [3.8, 4) is 0 Å². The Kier molecular flexibility index (Phi) is 5.17. The molecule has 0 spiro atoms. The van der Waals surface area contributed by atoms with Gasteiger partial charge in [0.1, 0.15) is 0 Å². The van der Waals surface area contributed by atoms with Gasteiger partial charge in [0.05, 0.1) is 21.6 Å². The lowest BCUT2D eigenvalue weighted by atomic mass is 9.77. The SMILES string of the molecule is CC(=O)NCC(=Cc1scnc1C(=O)O)B1OC(C)(C)C(C)(C)O1. The normalized spacial score (nSPS) is 19.4. The van der Waals surface area contributed by atoms with Crippen LogP contribution in [0.15, 0.2) is 11.0 Å². The molecule has 0 saturated carbocycles. The molecule has 1 aliphatic rings. The fourth-order valence-corrected chi connectivity index (χ4v) is 2.85. The first-order valence-electron chi connectivity index (χ1n) is 7.51. The van der Waals surface area contributed by atoms with E-state index in [0.29, 0.717) is 10.3 Å². The zero-order chi connectivity index (χ0) is 18.1. The van der Waals surface area contributed by atoms with Crippen molar-refractivity contribution in [2.45, 2.75) is 45.8 Å². The molecule has 7 nitrogen and oxygen atoms in total. The minimum Gasteiger partial charge on any atom is -0.476 e. The second-order valence-electron chi connectivity index (χ2n) is 6.59. The summed E-state index contributed by atoms with van der Waals surface area (Å²) in [5.41, 5.74) is 1.01. The van der Waals surface area contributed by atoms with Gasteiger partial charge in [-0.3, -0.25) is 4.79 Å². The van der Waals surface area contributed by atoms with Crippen LogP contribution in [0.4, 0.5) is 0 Å². The Balaban J connectivity index is 2.35. The first-order valence-corrected chi connectivity index (χ1v) is 8.39. The molecule has 1 aromatic rings. The summed E-state index contributed by atoms with van der Waals surface area (Å²) in [6.07, 6.45) is 1.67. The van der Waals surface area contributed by atoms with Gasteiger partial charge in [0.15, 0.2) is 5.69 Å². The number of aromatic nitrogens is 1. The third-order valence-corrected chi connectivity index (χ3v) is 4.99. The molecule has 0 aromatic carbocycles. The molecule has 0 unspecified atom stereocenters. The van der Waals surface area contributed by atoms with Gasteiger partial charge >= 0.3 is 13.1 Å². The van der Waals surface area contributed by atoms with Crippen molar-refractivity contribution in [2.24, 2.45) is 0 Å². The molecule has 0 aliphatic carbocycles. The van der Waals surface area contributed by atoms with Crippen LogP contribution in [0.1, 0.15) is 50.0 Å². The van der Waals surface area contributed by atoms with Crippen LogP contribution in [0.3, 0.4) is 0 Å². The quantitative estimate of drug-likeness (QED) is 0.787. The fourth-order valence-electron chi connectivity index (χ4n) is 2.11. The summed E-state index contributed by atoms with van der Waals surface area (Å²) in [5, 5.41) is 11.9. The second-order valence-corrected chi connectivity index (χ2v) is 7.47. The lowest BCUT2D eigenvalue weighted by molar-refractivity contribution is -0.118. The Bertz CT molecular complexity index is 667. The predicted molar refractivity (Wildman–Crippen MR) is 91.8 cm³/mol. The molecule has 130 valence electrons. The van der Waals surface area contributed by atoms with Crippen LogP contribution in [0.25, 0.3) is 6.08 Å². The predicted octanol–water partition coefficient (Wildman–Crippen LogP) is 1.99. The van der Waals surface area contributed by atoms with Gasteiger partial charge < -0.3 is 19.7 Å². The highest BCUT2D eigenvalue weighted by atomic mass is 32.1. The third-order valence-electron chi connectivity index (χ3n) is 4.21. The van der Waals surface area contributed by atoms with Crippen molar-refractivity contribution in [2.75, 3.05) is 6.54 Å². The molecular formula is C15H21BN2O5S. The molecule has 2 heterocycles. The van der Waals surface area contributed by atoms with Gasteiger partial charge in [0, 0.05) is 13.5 Å². The van der Waals surface area contributed by atoms with E-state index in [1.165, 1.54) is 23.8 Å². The average Bonchev–Trinajstić information content (AvgIpc) is 2.97. The molecule has 9 heteroatoms. The zero-order valence-electron chi connectivity index (χ0n) is 14.4. The fraction of sp³-hybridized carbons (Fsp3) is 0.533. The molecule has 24 heavy (non-hydrogen) atoms. The molecular weight excluding hydrogens is 331 g/mol. The molecule has 1 saturated heterocycles. The first-order chi connectivity index (χ1) is 11.0. The number of nitrogens with zero attached hydrogens (tertiary/aromatic N) is 1. The van der Waals surface area contributed by atoms with Crippen molar-refractivity contribution in [1.29, 1.82) is 0 Å². The number of hydrogen-bond donors (Lipinski definition) is 2. The monoisotopic (exact) mass is 352 g/mol. The number of carboxylic acids is 1. The maximum Gasteiger partial charge on any atom is 0.492 e. The Morgan fingerprint density at radius 1 is 1.33 bits per heavy atom. The van der Waals surface area contributed by atoms with Crippen LogP contribution >= 0.6 is 11.3 Å². The van der Waals surface area contributed by atoms with Crippen LogP contribution in [0.5, 0.6) is 0 Å². The summed E-state index contributed by atoms with van der Waals surface area (Å²) in [7, 11) is -0.675. The summed E-state index contributed by atoms with van der Waals surface area (Å²) in [5.74, 6) is -1.30. The Labute approximate surface area is 145 Å². The molecule has 2 rings (SSSR count). The highest BCUT2D eigenvalue weighted by Gasteiger charge is 2.52. The van der Waals surface area contributed by atoms with Crippen molar-refractivity contribution in [3.63, 3.8) is 0 Å². The number of carboxylic acid groups (broad SMARTS) is 1. The van der Waals surface area contributed by atoms with E-state index in [4.69, 9.17) is 9.31 Å². The minimum atomic E-state index is -1.10. The molecule has 1 aliphatic heterocycles. The van der Waals surface area contributed by atoms with Gasteiger partial charge in [-0.25, -0.2) is 9.78 Å². The first kappa shape index (κ1) is 18.6. The number of aromatic carboxylic acids is 1.